The van der Waals surface area contributed by atoms with Gasteiger partial charge in [0, 0.05) is 6.42 Å². The van der Waals surface area contributed by atoms with Gasteiger partial charge in [0.25, 0.3) is 0 Å². The molecule has 7 nitrogen and oxygen atoms in total. The Balaban J connectivity index is 4.79. The van der Waals surface area contributed by atoms with Crippen LogP contribution in [0.4, 0.5) is 4.39 Å². The highest BCUT2D eigenvalue weighted by atomic mass is 19.1. The van der Waals surface area contributed by atoms with E-state index in [0.717, 1.165) is 0 Å². The molecule has 80 valence electrons. The molecule has 0 radical (unpaired) electrons. The van der Waals surface area contributed by atoms with Crippen LogP contribution in [0.1, 0.15) is 6.42 Å². The van der Waals surface area contributed by atoms with Crippen LogP contribution in [0.5, 0.6) is 0 Å². The van der Waals surface area contributed by atoms with Crippen molar-refractivity contribution >= 4 is 17.9 Å². The molecular weight excluding hydrogens is 201 g/mol. The lowest BCUT2D eigenvalue weighted by Crippen LogP contribution is -2.48. The van der Waals surface area contributed by atoms with Crippen LogP contribution in [-0.2, 0) is 14.4 Å². The van der Waals surface area contributed by atoms with Crippen LogP contribution in [0, 0.1) is 0 Å². The van der Waals surface area contributed by atoms with Gasteiger partial charge in [-0.25, -0.2) is 14.0 Å². The molecule has 0 unspecified atom stereocenters. The first kappa shape index (κ1) is 12.3. The maximum absolute atomic E-state index is 13.1. The van der Waals surface area contributed by atoms with Crippen molar-refractivity contribution in [1.82, 2.24) is 0 Å². The largest absolute Gasteiger partial charge is 0.480 e. The number of alkyl halides is 1. The zero-order valence-electron chi connectivity index (χ0n) is 6.81. The minimum atomic E-state index is -3.67. The van der Waals surface area contributed by atoms with Gasteiger partial charge in [0.2, 0.25) is 0 Å². The molecule has 0 aromatic heterocycles. The molecule has 0 heterocycles. The summed E-state index contributed by atoms with van der Waals surface area (Å²) < 4.78 is 13.1. The fourth-order valence-electron chi connectivity index (χ4n) is 0.656. The van der Waals surface area contributed by atoms with Crippen molar-refractivity contribution in [2.24, 2.45) is 5.73 Å². The molecule has 0 saturated carbocycles. The average Bonchev–Trinajstić information content (AvgIpc) is 2.02. The SMILES string of the molecule is N[C@@H](CC(F)(C(=O)O)C(=O)O)C(=O)O. The second-order valence-corrected chi connectivity index (χ2v) is 2.56. The van der Waals surface area contributed by atoms with Crippen molar-refractivity contribution in [3.8, 4) is 0 Å². The standard InChI is InChI=1S/C6H8FNO6/c7-6(4(11)12,5(13)14)1-2(8)3(9)10/h2H,1,8H2,(H,9,10)(H,11,12)(H,13,14)/t2-/m0/s1. The molecule has 0 saturated heterocycles. The molecule has 1 atom stereocenters. The van der Waals surface area contributed by atoms with E-state index in [1.165, 1.54) is 0 Å². The Bertz CT molecular complexity index is 263. The van der Waals surface area contributed by atoms with E-state index in [0.29, 0.717) is 0 Å². The quantitative estimate of drug-likeness (QED) is 0.411. The first-order chi connectivity index (χ1) is 6.21. The molecule has 8 heteroatoms. The zero-order chi connectivity index (χ0) is 11.5. The van der Waals surface area contributed by atoms with Gasteiger partial charge < -0.3 is 21.1 Å². The van der Waals surface area contributed by atoms with E-state index in [4.69, 9.17) is 21.1 Å². The Morgan fingerprint density at radius 1 is 1.21 bits per heavy atom. The highest BCUT2D eigenvalue weighted by Crippen LogP contribution is 2.18. The number of halogens is 1. The number of rotatable bonds is 5. The van der Waals surface area contributed by atoms with Crippen LogP contribution in [-0.4, -0.2) is 44.9 Å². The van der Waals surface area contributed by atoms with E-state index in [2.05, 4.69) is 0 Å². The van der Waals surface area contributed by atoms with Crippen molar-refractivity contribution in [3.63, 3.8) is 0 Å². The molecule has 0 aliphatic rings. The maximum Gasteiger partial charge on any atom is 0.353 e. The van der Waals surface area contributed by atoms with Crippen molar-refractivity contribution in [3.05, 3.63) is 0 Å². The fourth-order valence-corrected chi connectivity index (χ4v) is 0.656. The van der Waals surface area contributed by atoms with E-state index in [1.807, 2.05) is 0 Å². The van der Waals surface area contributed by atoms with Crippen LogP contribution in [0.3, 0.4) is 0 Å². The van der Waals surface area contributed by atoms with Crippen molar-refractivity contribution < 1.29 is 34.1 Å². The van der Waals surface area contributed by atoms with Crippen LogP contribution in [0.25, 0.3) is 0 Å². The Labute approximate surface area is 76.9 Å². The maximum atomic E-state index is 13.1. The molecule has 0 fully saturated rings. The fraction of sp³-hybridized carbons (Fsp3) is 0.500. The third-order valence-corrected chi connectivity index (χ3v) is 1.50. The predicted octanol–water partition coefficient (Wildman–Crippen LogP) is -1.33. The third kappa shape index (κ3) is 2.39. The Morgan fingerprint density at radius 2 is 1.57 bits per heavy atom. The summed E-state index contributed by atoms with van der Waals surface area (Å²) in [6.07, 6.45) is -1.33. The number of hydrogen-bond donors (Lipinski definition) is 4. The van der Waals surface area contributed by atoms with E-state index in [1.54, 1.807) is 0 Å². The molecule has 0 spiro atoms. The first-order valence-electron chi connectivity index (χ1n) is 3.36. The number of carbonyl (C=O) groups is 3. The summed E-state index contributed by atoms with van der Waals surface area (Å²) >= 11 is 0. The number of aliphatic carboxylic acids is 3. The highest BCUT2D eigenvalue weighted by Gasteiger charge is 2.49. The average molecular weight is 209 g/mol. The predicted molar refractivity (Wildman–Crippen MR) is 39.3 cm³/mol. The summed E-state index contributed by atoms with van der Waals surface area (Å²) in [5.74, 6) is -6.22. The van der Waals surface area contributed by atoms with Gasteiger partial charge in [-0.15, -0.1) is 0 Å². The van der Waals surface area contributed by atoms with Gasteiger partial charge in [0.15, 0.2) is 0 Å². The van der Waals surface area contributed by atoms with Crippen LogP contribution >= 0.6 is 0 Å². The van der Waals surface area contributed by atoms with Gasteiger partial charge >= 0.3 is 23.6 Å². The Kier molecular flexibility index (Phi) is 3.52. The number of hydrogen-bond acceptors (Lipinski definition) is 4. The minimum Gasteiger partial charge on any atom is -0.480 e. The lowest BCUT2D eigenvalue weighted by Gasteiger charge is -2.17. The molecule has 0 aliphatic heterocycles. The van der Waals surface area contributed by atoms with Crippen molar-refractivity contribution in [1.29, 1.82) is 0 Å². The normalized spacial score (nSPS) is 13.3. The van der Waals surface area contributed by atoms with Crippen molar-refractivity contribution in [2.45, 2.75) is 18.1 Å². The summed E-state index contributed by atoms with van der Waals surface area (Å²) in [4.78, 5) is 30.6. The summed E-state index contributed by atoms with van der Waals surface area (Å²) in [7, 11) is 0. The highest BCUT2D eigenvalue weighted by molar-refractivity contribution is 6.02. The molecule has 14 heavy (non-hydrogen) atoms. The van der Waals surface area contributed by atoms with Gasteiger partial charge in [-0.1, -0.05) is 0 Å². The lowest BCUT2D eigenvalue weighted by molar-refractivity contribution is -0.168. The van der Waals surface area contributed by atoms with E-state index >= 15 is 0 Å². The summed E-state index contributed by atoms with van der Waals surface area (Å²) in [6.45, 7) is 0. The van der Waals surface area contributed by atoms with Gasteiger partial charge in [0.1, 0.15) is 6.04 Å². The lowest BCUT2D eigenvalue weighted by atomic mass is 9.97. The Morgan fingerprint density at radius 3 is 1.79 bits per heavy atom. The molecule has 0 amide bonds. The second kappa shape index (κ2) is 4.01. The molecule has 5 N–H and O–H groups in total. The summed E-state index contributed by atoms with van der Waals surface area (Å²) in [5, 5.41) is 24.7. The van der Waals surface area contributed by atoms with E-state index in [9.17, 15) is 18.8 Å². The van der Waals surface area contributed by atoms with Crippen molar-refractivity contribution in [2.75, 3.05) is 0 Å². The molecular formula is C6H8FNO6. The van der Waals surface area contributed by atoms with Gasteiger partial charge in [-0.2, -0.15) is 0 Å². The first-order valence-corrected chi connectivity index (χ1v) is 3.36. The molecule has 0 rings (SSSR count). The molecule has 0 aromatic carbocycles. The van der Waals surface area contributed by atoms with Gasteiger partial charge in [-0.3, -0.25) is 4.79 Å². The number of carboxylic acid groups (broad SMARTS) is 3. The van der Waals surface area contributed by atoms with Gasteiger partial charge in [-0.05, 0) is 0 Å². The molecule has 0 aliphatic carbocycles. The van der Waals surface area contributed by atoms with E-state index in [-0.39, 0.29) is 0 Å². The topological polar surface area (TPSA) is 138 Å². The Hall–Kier alpha value is -1.70. The summed E-state index contributed by atoms with van der Waals surface area (Å²) in [6, 6.07) is -1.88. The molecule has 0 bridgehead atoms. The van der Waals surface area contributed by atoms with Gasteiger partial charge in [0.05, 0.1) is 0 Å². The van der Waals surface area contributed by atoms with Crippen LogP contribution < -0.4 is 5.73 Å². The van der Waals surface area contributed by atoms with E-state index < -0.39 is 36.0 Å². The van der Waals surface area contributed by atoms with Crippen LogP contribution in [0.15, 0.2) is 0 Å². The molecule has 0 aromatic rings. The minimum absolute atomic E-state index is 1.33. The zero-order valence-corrected chi connectivity index (χ0v) is 6.81. The smallest absolute Gasteiger partial charge is 0.353 e. The second-order valence-electron chi connectivity index (χ2n) is 2.56. The number of nitrogens with two attached hydrogens (primary N) is 1. The third-order valence-electron chi connectivity index (χ3n) is 1.50. The van der Waals surface area contributed by atoms with Crippen LogP contribution in [0.2, 0.25) is 0 Å². The summed E-state index contributed by atoms with van der Waals surface area (Å²) in [5.41, 5.74) is 1.14. The number of carboxylic acids is 3. The monoisotopic (exact) mass is 209 g/mol.